The van der Waals surface area contributed by atoms with Crippen molar-refractivity contribution in [3.8, 4) is 0 Å². The monoisotopic (exact) mass is 313 g/mol. The molecule has 110 valence electrons. The molecule has 1 N–H and O–H groups in total. The first-order valence-corrected chi connectivity index (χ1v) is 6.68. The highest BCUT2D eigenvalue weighted by Gasteiger charge is 2.30. The highest BCUT2D eigenvalue weighted by Crippen LogP contribution is 2.31. The number of halogens is 3. The fraction of sp³-hybridized carbons (Fsp3) is 0.143. The molecule has 1 heterocycles. The van der Waals surface area contributed by atoms with Crippen LogP contribution in [0.2, 0.25) is 0 Å². The Kier molecular flexibility index (Phi) is 4.52. The number of alkyl halides is 3. The summed E-state index contributed by atoms with van der Waals surface area (Å²) >= 11 is 1.21. The van der Waals surface area contributed by atoms with Crippen LogP contribution in [0, 0.1) is 0 Å². The Morgan fingerprint density at radius 2 is 1.81 bits per heavy atom. The predicted octanol–water partition coefficient (Wildman–Crippen LogP) is 3.88. The van der Waals surface area contributed by atoms with Gasteiger partial charge in [-0.25, -0.2) is 4.98 Å². The van der Waals surface area contributed by atoms with E-state index in [0.29, 0.717) is 10.6 Å². The van der Waals surface area contributed by atoms with Crippen molar-refractivity contribution in [1.82, 2.24) is 4.98 Å². The van der Waals surface area contributed by atoms with Crippen LogP contribution >= 0.6 is 11.8 Å². The van der Waals surface area contributed by atoms with Crippen molar-refractivity contribution in [1.29, 1.82) is 0 Å². The fourth-order valence-electron chi connectivity index (χ4n) is 1.58. The van der Waals surface area contributed by atoms with E-state index < -0.39 is 17.7 Å². The number of nitrogens with zero attached hydrogens (tertiary/aromatic N) is 1. The molecule has 0 saturated carbocycles. The molecule has 0 saturated heterocycles. The molecule has 2 rings (SSSR count). The third-order valence-electron chi connectivity index (χ3n) is 2.56. The second-order valence-corrected chi connectivity index (χ2v) is 5.29. The van der Waals surface area contributed by atoms with Crippen LogP contribution in [-0.2, 0) is 17.4 Å². The van der Waals surface area contributed by atoms with Crippen LogP contribution < -0.4 is 0 Å². The van der Waals surface area contributed by atoms with Crippen LogP contribution in [0.1, 0.15) is 11.1 Å². The van der Waals surface area contributed by atoms with E-state index in [1.807, 2.05) is 0 Å². The van der Waals surface area contributed by atoms with Gasteiger partial charge in [0.2, 0.25) is 0 Å². The summed E-state index contributed by atoms with van der Waals surface area (Å²) in [5.74, 6) is -0.917. The zero-order valence-corrected chi connectivity index (χ0v) is 11.4. The lowest BCUT2D eigenvalue weighted by Gasteiger charge is -2.07. The lowest BCUT2D eigenvalue weighted by Crippen LogP contribution is -2.05. The predicted molar refractivity (Wildman–Crippen MR) is 71.1 cm³/mol. The van der Waals surface area contributed by atoms with E-state index in [1.54, 1.807) is 24.3 Å². The van der Waals surface area contributed by atoms with Gasteiger partial charge in [0.25, 0.3) is 0 Å². The van der Waals surface area contributed by atoms with Crippen molar-refractivity contribution in [2.45, 2.75) is 22.5 Å². The summed E-state index contributed by atoms with van der Waals surface area (Å²) in [6.45, 7) is 0. The van der Waals surface area contributed by atoms with Gasteiger partial charge in [-0.1, -0.05) is 23.9 Å². The van der Waals surface area contributed by atoms with Crippen LogP contribution in [0.4, 0.5) is 13.2 Å². The highest BCUT2D eigenvalue weighted by atomic mass is 32.2. The van der Waals surface area contributed by atoms with Crippen LogP contribution in [-0.4, -0.2) is 16.1 Å². The molecule has 21 heavy (non-hydrogen) atoms. The van der Waals surface area contributed by atoms with E-state index in [0.717, 1.165) is 17.2 Å². The molecule has 0 fully saturated rings. The van der Waals surface area contributed by atoms with E-state index >= 15 is 0 Å². The van der Waals surface area contributed by atoms with Gasteiger partial charge in [0.15, 0.2) is 0 Å². The van der Waals surface area contributed by atoms with Gasteiger partial charge in [0.1, 0.15) is 5.03 Å². The maximum atomic E-state index is 12.4. The zero-order valence-electron chi connectivity index (χ0n) is 10.6. The largest absolute Gasteiger partial charge is 0.481 e. The van der Waals surface area contributed by atoms with Gasteiger partial charge >= 0.3 is 12.1 Å². The molecule has 0 aliphatic rings. The number of carbonyl (C=O) groups is 1. The summed E-state index contributed by atoms with van der Waals surface area (Å²) in [6.07, 6.45) is -3.67. The van der Waals surface area contributed by atoms with Crippen molar-refractivity contribution in [2.75, 3.05) is 0 Å². The van der Waals surface area contributed by atoms with Gasteiger partial charge in [0.05, 0.1) is 12.0 Å². The van der Waals surface area contributed by atoms with E-state index in [-0.39, 0.29) is 6.42 Å². The fourth-order valence-corrected chi connectivity index (χ4v) is 2.33. The van der Waals surface area contributed by atoms with E-state index in [1.165, 1.54) is 17.8 Å². The third kappa shape index (κ3) is 4.49. The van der Waals surface area contributed by atoms with Crippen LogP contribution in [0.3, 0.4) is 0 Å². The first kappa shape index (κ1) is 15.4. The van der Waals surface area contributed by atoms with Crippen LogP contribution in [0.5, 0.6) is 0 Å². The SMILES string of the molecule is O=C(O)Cc1ccc(Sc2ccc(C(F)(F)F)cn2)cc1. The molecule has 0 atom stereocenters. The maximum Gasteiger partial charge on any atom is 0.417 e. The van der Waals surface area contributed by atoms with E-state index in [2.05, 4.69) is 4.98 Å². The molecular weight excluding hydrogens is 303 g/mol. The lowest BCUT2D eigenvalue weighted by molar-refractivity contribution is -0.138. The quantitative estimate of drug-likeness (QED) is 0.930. The number of carboxylic acids is 1. The normalized spacial score (nSPS) is 11.4. The number of rotatable bonds is 4. The molecule has 0 spiro atoms. The van der Waals surface area contributed by atoms with E-state index in [9.17, 15) is 18.0 Å². The minimum atomic E-state index is -4.39. The third-order valence-corrected chi connectivity index (χ3v) is 3.52. The first-order valence-electron chi connectivity index (χ1n) is 5.86. The lowest BCUT2D eigenvalue weighted by atomic mass is 10.2. The van der Waals surface area contributed by atoms with Crippen molar-refractivity contribution < 1.29 is 23.1 Å². The molecule has 3 nitrogen and oxygen atoms in total. The molecule has 0 amide bonds. The molecule has 1 aromatic heterocycles. The van der Waals surface area contributed by atoms with Crippen LogP contribution in [0.15, 0.2) is 52.5 Å². The van der Waals surface area contributed by atoms with Crippen molar-refractivity contribution in [3.63, 3.8) is 0 Å². The minimum absolute atomic E-state index is 0.0660. The van der Waals surface area contributed by atoms with Gasteiger partial charge in [-0.05, 0) is 29.8 Å². The molecule has 7 heteroatoms. The molecule has 0 radical (unpaired) electrons. The molecular formula is C14H10F3NO2S. The number of pyridine rings is 1. The van der Waals surface area contributed by atoms with Crippen molar-refractivity contribution >= 4 is 17.7 Å². The average molecular weight is 313 g/mol. The highest BCUT2D eigenvalue weighted by molar-refractivity contribution is 7.99. The number of hydrogen-bond acceptors (Lipinski definition) is 3. The van der Waals surface area contributed by atoms with Gasteiger partial charge < -0.3 is 5.11 Å². The summed E-state index contributed by atoms with van der Waals surface area (Å²) < 4.78 is 37.2. The first-order chi connectivity index (χ1) is 9.84. The zero-order chi connectivity index (χ0) is 15.5. The number of carboxylic acid groups (broad SMARTS) is 1. The summed E-state index contributed by atoms with van der Waals surface area (Å²) in [6, 6.07) is 9.04. The summed E-state index contributed by atoms with van der Waals surface area (Å²) in [4.78, 5) is 15.1. The van der Waals surface area contributed by atoms with Gasteiger partial charge in [-0.3, -0.25) is 4.79 Å². The van der Waals surface area contributed by atoms with Crippen LogP contribution in [0.25, 0.3) is 0 Å². The topological polar surface area (TPSA) is 50.2 Å². The standard InChI is InChI=1S/C14H10F3NO2S/c15-14(16,17)10-3-6-12(18-8-10)21-11-4-1-9(2-5-11)7-13(19)20/h1-6,8H,7H2,(H,19,20). The molecule has 0 bridgehead atoms. The number of aliphatic carboxylic acids is 1. The molecule has 1 aromatic carbocycles. The molecule has 0 aliphatic heterocycles. The Labute approximate surface area is 122 Å². The van der Waals surface area contributed by atoms with Crippen molar-refractivity contribution in [3.05, 3.63) is 53.7 Å². The number of hydrogen-bond donors (Lipinski definition) is 1. The number of benzene rings is 1. The molecule has 2 aromatic rings. The van der Waals surface area contributed by atoms with E-state index in [4.69, 9.17) is 5.11 Å². The Morgan fingerprint density at radius 3 is 2.29 bits per heavy atom. The maximum absolute atomic E-state index is 12.4. The van der Waals surface area contributed by atoms with Crippen molar-refractivity contribution in [2.24, 2.45) is 0 Å². The summed E-state index contributed by atoms with van der Waals surface area (Å²) in [5.41, 5.74) is -0.129. The second kappa shape index (κ2) is 6.17. The van der Waals surface area contributed by atoms with Gasteiger partial charge in [0, 0.05) is 11.1 Å². The Balaban J connectivity index is 2.06. The average Bonchev–Trinajstić information content (AvgIpc) is 2.40. The number of aromatic nitrogens is 1. The summed E-state index contributed by atoms with van der Waals surface area (Å²) in [5, 5.41) is 9.09. The Bertz CT molecular complexity index is 624. The second-order valence-electron chi connectivity index (χ2n) is 4.20. The Hall–Kier alpha value is -2.02. The molecule has 0 unspecified atom stereocenters. The smallest absolute Gasteiger partial charge is 0.417 e. The Morgan fingerprint density at radius 1 is 1.14 bits per heavy atom. The van der Waals surface area contributed by atoms with Gasteiger partial charge in [-0.2, -0.15) is 13.2 Å². The summed E-state index contributed by atoms with van der Waals surface area (Å²) in [7, 11) is 0. The minimum Gasteiger partial charge on any atom is -0.481 e. The molecule has 0 aliphatic carbocycles. The van der Waals surface area contributed by atoms with Gasteiger partial charge in [-0.15, -0.1) is 0 Å².